The first-order valence-electron chi connectivity index (χ1n) is 13.8. The van der Waals surface area contributed by atoms with Gasteiger partial charge in [0.15, 0.2) is 16.6 Å². The van der Waals surface area contributed by atoms with Gasteiger partial charge < -0.3 is 14.8 Å². The zero-order valence-electron chi connectivity index (χ0n) is 24.1. The second-order valence-electron chi connectivity index (χ2n) is 9.85. The Morgan fingerprint density at radius 2 is 1.77 bits per heavy atom. The van der Waals surface area contributed by atoms with Gasteiger partial charge in [-0.3, -0.25) is 4.79 Å². The lowest BCUT2D eigenvalue weighted by Crippen LogP contribution is -2.17. The van der Waals surface area contributed by atoms with Crippen molar-refractivity contribution in [2.75, 3.05) is 11.9 Å². The van der Waals surface area contributed by atoms with E-state index in [2.05, 4.69) is 74.9 Å². The number of hydrogen-bond donors (Lipinski definition) is 2. The lowest BCUT2D eigenvalue weighted by atomic mass is 10.1. The standard InChI is InChI=1S/C34H31BrN4O3S/c1-4-41-31-18-25(17-29(35)32(31)42-20-24-7-5-6-23(3)16-24)19-36-39-33(40)27-12-10-26(11-13-27)30-21-43-34(38-30)37-28-14-8-22(2)9-15-28/h5-19,21H,4,20H2,1-3H3,(H,37,38)(H,39,40)/b36-19-. The number of rotatable bonds is 11. The van der Waals surface area contributed by atoms with Gasteiger partial charge in [0.25, 0.3) is 5.91 Å². The molecule has 0 fully saturated rings. The number of carbonyl (C=O) groups is 1. The number of halogens is 1. The number of hydrogen-bond acceptors (Lipinski definition) is 7. The molecule has 2 N–H and O–H groups in total. The monoisotopic (exact) mass is 654 g/mol. The van der Waals surface area contributed by atoms with Crippen molar-refractivity contribution in [3.8, 4) is 22.8 Å². The minimum atomic E-state index is -0.315. The molecule has 218 valence electrons. The smallest absolute Gasteiger partial charge is 0.271 e. The zero-order valence-corrected chi connectivity index (χ0v) is 26.5. The molecule has 0 bridgehead atoms. The Morgan fingerprint density at radius 1 is 0.977 bits per heavy atom. The second kappa shape index (κ2) is 14.1. The largest absolute Gasteiger partial charge is 0.490 e. The Bertz CT molecular complexity index is 1730. The third-order valence-electron chi connectivity index (χ3n) is 6.43. The third-order valence-corrected chi connectivity index (χ3v) is 7.77. The van der Waals surface area contributed by atoms with Crippen LogP contribution in [0.5, 0.6) is 11.5 Å². The predicted molar refractivity (Wildman–Crippen MR) is 178 cm³/mol. The fourth-order valence-electron chi connectivity index (χ4n) is 4.27. The van der Waals surface area contributed by atoms with Crippen LogP contribution in [0.3, 0.4) is 0 Å². The summed E-state index contributed by atoms with van der Waals surface area (Å²) in [6, 6.07) is 27.3. The van der Waals surface area contributed by atoms with Crippen molar-refractivity contribution >= 4 is 50.2 Å². The highest BCUT2D eigenvalue weighted by Crippen LogP contribution is 2.37. The van der Waals surface area contributed by atoms with Gasteiger partial charge in [0.05, 0.1) is 23.0 Å². The average Bonchev–Trinajstić information content (AvgIpc) is 3.47. The van der Waals surface area contributed by atoms with Gasteiger partial charge in [0.1, 0.15) is 6.61 Å². The van der Waals surface area contributed by atoms with Gasteiger partial charge in [0.2, 0.25) is 0 Å². The summed E-state index contributed by atoms with van der Waals surface area (Å²) in [4.78, 5) is 17.4. The number of aromatic nitrogens is 1. The van der Waals surface area contributed by atoms with Crippen LogP contribution >= 0.6 is 27.3 Å². The van der Waals surface area contributed by atoms with Gasteiger partial charge in [-0.15, -0.1) is 11.3 Å². The van der Waals surface area contributed by atoms with E-state index in [1.165, 1.54) is 22.5 Å². The number of aryl methyl sites for hydroxylation is 2. The molecule has 0 aliphatic carbocycles. The number of hydrazone groups is 1. The number of thiazole rings is 1. The highest BCUT2D eigenvalue weighted by atomic mass is 79.9. The highest BCUT2D eigenvalue weighted by molar-refractivity contribution is 9.10. The van der Waals surface area contributed by atoms with E-state index in [0.29, 0.717) is 30.3 Å². The average molecular weight is 656 g/mol. The molecule has 1 heterocycles. The van der Waals surface area contributed by atoms with Gasteiger partial charge in [-0.25, -0.2) is 10.4 Å². The number of nitrogens with one attached hydrogen (secondary N) is 2. The van der Waals surface area contributed by atoms with Gasteiger partial charge in [-0.1, -0.05) is 59.7 Å². The normalized spacial score (nSPS) is 11.0. The van der Waals surface area contributed by atoms with Crippen LogP contribution in [0.1, 0.15) is 39.5 Å². The van der Waals surface area contributed by atoms with Gasteiger partial charge >= 0.3 is 0 Å². The lowest BCUT2D eigenvalue weighted by Gasteiger charge is -2.15. The molecule has 0 aliphatic rings. The van der Waals surface area contributed by atoms with Crippen LogP contribution in [-0.4, -0.2) is 23.7 Å². The van der Waals surface area contributed by atoms with Crippen LogP contribution < -0.4 is 20.2 Å². The first-order chi connectivity index (χ1) is 20.9. The van der Waals surface area contributed by atoms with E-state index in [4.69, 9.17) is 9.47 Å². The van der Waals surface area contributed by atoms with Gasteiger partial charge in [-0.2, -0.15) is 5.10 Å². The summed E-state index contributed by atoms with van der Waals surface area (Å²) in [5.74, 6) is 0.889. The molecule has 9 heteroatoms. The molecule has 4 aromatic carbocycles. The van der Waals surface area contributed by atoms with Crippen LogP contribution in [0.2, 0.25) is 0 Å². The number of ether oxygens (including phenoxy) is 2. The summed E-state index contributed by atoms with van der Waals surface area (Å²) in [5, 5.41) is 10.3. The topological polar surface area (TPSA) is 84.8 Å². The van der Waals surface area contributed by atoms with Crippen LogP contribution in [0.25, 0.3) is 11.3 Å². The highest BCUT2D eigenvalue weighted by Gasteiger charge is 2.13. The van der Waals surface area contributed by atoms with E-state index < -0.39 is 0 Å². The van der Waals surface area contributed by atoms with Gasteiger partial charge in [0, 0.05) is 22.2 Å². The van der Waals surface area contributed by atoms with Crippen molar-refractivity contribution in [3.63, 3.8) is 0 Å². The molecule has 0 saturated heterocycles. The Hall–Kier alpha value is -4.47. The summed E-state index contributed by atoms with van der Waals surface area (Å²) in [7, 11) is 0. The van der Waals surface area contributed by atoms with Crippen LogP contribution in [0, 0.1) is 13.8 Å². The summed E-state index contributed by atoms with van der Waals surface area (Å²) in [6.07, 6.45) is 1.57. The van der Waals surface area contributed by atoms with Crippen molar-refractivity contribution < 1.29 is 14.3 Å². The Morgan fingerprint density at radius 3 is 2.51 bits per heavy atom. The molecule has 5 aromatic rings. The molecule has 1 aromatic heterocycles. The lowest BCUT2D eigenvalue weighted by molar-refractivity contribution is 0.0955. The van der Waals surface area contributed by atoms with Crippen molar-refractivity contribution in [3.05, 3.63) is 123 Å². The maximum atomic E-state index is 12.7. The Kier molecular flexibility index (Phi) is 9.86. The summed E-state index contributed by atoms with van der Waals surface area (Å²) < 4.78 is 12.7. The number of amides is 1. The van der Waals surface area contributed by atoms with Crippen LogP contribution in [0.15, 0.2) is 99.9 Å². The van der Waals surface area contributed by atoms with Crippen molar-refractivity contribution in [2.24, 2.45) is 5.10 Å². The maximum Gasteiger partial charge on any atom is 0.271 e. The van der Waals surface area contributed by atoms with E-state index in [9.17, 15) is 4.79 Å². The van der Waals surface area contributed by atoms with Gasteiger partial charge in [-0.05, 0) is 84.2 Å². The first kappa shape index (κ1) is 30.0. The molecular formula is C34H31BrN4O3S. The number of nitrogens with zero attached hydrogens (tertiary/aromatic N) is 2. The van der Waals surface area contributed by atoms with E-state index >= 15 is 0 Å². The molecule has 7 nitrogen and oxygen atoms in total. The molecule has 0 aliphatic heterocycles. The molecule has 1 amide bonds. The molecule has 0 atom stereocenters. The first-order valence-corrected chi connectivity index (χ1v) is 15.4. The quantitative estimate of drug-likeness (QED) is 0.110. The fourth-order valence-corrected chi connectivity index (χ4v) is 5.58. The molecule has 5 rings (SSSR count). The van der Waals surface area contributed by atoms with Crippen molar-refractivity contribution in [1.82, 2.24) is 10.4 Å². The molecule has 0 spiro atoms. The SMILES string of the molecule is CCOc1cc(/C=N\NC(=O)c2ccc(-c3csc(Nc4ccc(C)cc4)n3)cc2)cc(Br)c1OCc1cccc(C)c1. The summed E-state index contributed by atoms with van der Waals surface area (Å²) >= 11 is 5.13. The van der Waals surface area contributed by atoms with Crippen LogP contribution in [-0.2, 0) is 6.61 Å². The molecule has 43 heavy (non-hydrogen) atoms. The summed E-state index contributed by atoms with van der Waals surface area (Å²) in [6.45, 7) is 6.92. The van der Waals surface area contributed by atoms with E-state index in [-0.39, 0.29) is 5.91 Å². The van der Waals surface area contributed by atoms with Crippen molar-refractivity contribution in [1.29, 1.82) is 0 Å². The van der Waals surface area contributed by atoms with E-state index in [1.807, 2.05) is 60.8 Å². The maximum absolute atomic E-state index is 12.7. The third kappa shape index (κ3) is 8.09. The van der Waals surface area contributed by atoms with Crippen molar-refractivity contribution in [2.45, 2.75) is 27.4 Å². The molecular weight excluding hydrogens is 624 g/mol. The van der Waals surface area contributed by atoms with E-state index in [1.54, 1.807) is 18.3 Å². The predicted octanol–water partition coefficient (Wildman–Crippen LogP) is 8.67. The molecule has 0 saturated carbocycles. The minimum Gasteiger partial charge on any atom is -0.490 e. The zero-order chi connectivity index (χ0) is 30.2. The minimum absolute atomic E-state index is 0.315. The molecule has 0 radical (unpaired) electrons. The number of benzene rings is 4. The van der Waals surface area contributed by atoms with Crippen LogP contribution in [0.4, 0.5) is 10.8 Å². The number of carbonyl (C=O) groups excluding carboxylic acids is 1. The Balaban J connectivity index is 1.20. The van der Waals surface area contributed by atoms with E-state index in [0.717, 1.165) is 37.7 Å². The Labute approximate surface area is 263 Å². The number of anilines is 2. The molecule has 0 unspecified atom stereocenters. The fraction of sp³-hybridized carbons (Fsp3) is 0.147. The second-order valence-corrected chi connectivity index (χ2v) is 11.6. The summed E-state index contributed by atoms with van der Waals surface area (Å²) in [5.41, 5.74) is 10.0.